The van der Waals surface area contributed by atoms with Crippen LogP contribution in [0.3, 0.4) is 0 Å². The first-order valence-electron chi connectivity index (χ1n) is 6.42. The Labute approximate surface area is 125 Å². The number of hydrogen-bond acceptors (Lipinski definition) is 4. The van der Waals surface area contributed by atoms with Gasteiger partial charge in [0.15, 0.2) is 5.69 Å². The molecule has 0 spiro atoms. The summed E-state index contributed by atoms with van der Waals surface area (Å²) in [5.74, 6) is -1.00. The second-order valence-corrected chi connectivity index (χ2v) is 5.56. The van der Waals surface area contributed by atoms with Crippen molar-refractivity contribution in [1.29, 1.82) is 0 Å². The largest absolute Gasteiger partial charge is 0.476 e. The first-order chi connectivity index (χ1) is 10.2. The summed E-state index contributed by atoms with van der Waals surface area (Å²) >= 11 is 1.38. The van der Waals surface area contributed by atoms with Crippen LogP contribution >= 0.6 is 11.3 Å². The lowest BCUT2D eigenvalue weighted by atomic mass is 10.1. The lowest BCUT2D eigenvalue weighted by Crippen LogP contribution is -2.01. The normalized spacial score (nSPS) is 10.5. The summed E-state index contributed by atoms with van der Waals surface area (Å²) in [7, 11) is 0. The third kappa shape index (κ3) is 2.98. The number of thiazole rings is 1. The molecule has 1 N–H and O–H groups in total. The number of nitrogens with zero attached hydrogens (tertiary/aromatic N) is 2. The average Bonchev–Trinajstić information content (AvgIpc) is 2.93. The standard InChI is InChI=1S/C16H12N2O2S/c19-16(20)14-13(10-11-6-2-1-3-7-11)21-15(18-14)12-8-4-5-9-17-12/h1-9H,10H2,(H,19,20). The van der Waals surface area contributed by atoms with Crippen molar-refractivity contribution >= 4 is 17.3 Å². The molecule has 0 fully saturated rings. The van der Waals surface area contributed by atoms with E-state index in [-0.39, 0.29) is 5.69 Å². The van der Waals surface area contributed by atoms with Crippen molar-refractivity contribution in [1.82, 2.24) is 9.97 Å². The number of carbonyl (C=O) groups is 1. The van der Waals surface area contributed by atoms with Gasteiger partial charge in [0.05, 0.1) is 5.69 Å². The van der Waals surface area contributed by atoms with Gasteiger partial charge in [-0.05, 0) is 17.7 Å². The number of rotatable bonds is 4. The van der Waals surface area contributed by atoms with Crippen LogP contribution in [0.5, 0.6) is 0 Å². The van der Waals surface area contributed by atoms with Crippen LogP contribution in [0.4, 0.5) is 0 Å². The minimum absolute atomic E-state index is 0.115. The van der Waals surface area contributed by atoms with E-state index in [0.29, 0.717) is 17.1 Å². The summed E-state index contributed by atoms with van der Waals surface area (Å²) in [6.07, 6.45) is 2.24. The Bertz CT molecular complexity index is 754. The molecule has 3 rings (SSSR count). The minimum atomic E-state index is -1.00. The summed E-state index contributed by atoms with van der Waals surface area (Å²) < 4.78 is 0. The summed E-state index contributed by atoms with van der Waals surface area (Å²) in [4.78, 5) is 20.6. The lowest BCUT2D eigenvalue weighted by Gasteiger charge is -1.98. The van der Waals surface area contributed by atoms with Crippen LogP contribution in [-0.2, 0) is 6.42 Å². The quantitative estimate of drug-likeness (QED) is 0.800. The van der Waals surface area contributed by atoms with E-state index in [1.54, 1.807) is 6.20 Å². The molecule has 4 nitrogen and oxygen atoms in total. The van der Waals surface area contributed by atoms with Crippen molar-refractivity contribution in [3.8, 4) is 10.7 Å². The van der Waals surface area contributed by atoms with E-state index < -0.39 is 5.97 Å². The maximum absolute atomic E-state index is 11.4. The number of pyridine rings is 1. The molecule has 0 unspecified atom stereocenters. The van der Waals surface area contributed by atoms with Gasteiger partial charge in [0.2, 0.25) is 0 Å². The van der Waals surface area contributed by atoms with Crippen LogP contribution in [0.25, 0.3) is 10.7 Å². The van der Waals surface area contributed by atoms with Gasteiger partial charge in [0, 0.05) is 17.5 Å². The second-order valence-electron chi connectivity index (χ2n) is 4.47. The number of aromatic nitrogens is 2. The fourth-order valence-electron chi connectivity index (χ4n) is 2.02. The van der Waals surface area contributed by atoms with E-state index in [4.69, 9.17) is 0 Å². The van der Waals surface area contributed by atoms with Gasteiger partial charge >= 0.3 is 5.97 Å². The van der Waals surface area contributed by atoms with Gasteiger partial charge in [0.1, 0.15) is 5.01 Å². The van der Waals surface area contributed by atoms with Crippen molar-refractivity contribution in [2.24, 2.45) is 0 Å². The van der Waals surface area contributed by atoms with Gasteiger partial charge in [-0.2, -0.15) is 0 Å². The van der Waals surface area contributed by atoms with Gasteiger partial charge in [-0.25, -0.2) is 9.78 Å². The molecule has 0 amide bonds. The molecular weight excluding hydrogens is 284 g/mol. The third-order valence-electron chi connectivity index (χ3n) is 2.99. The smallest absolute Gasteiger partial charge is 0.355 e. The van der Waals surface area contributed by atoms with Gasteiger partial charge < -0.3 is 5.11 Å². The third-order valence-corrected chi connectivity index (χ3v) is 4.07. The van der Waals surface area contributed by atoms with E-state index >= 15 is 0 Å². The Hall–Kier alpha value is -2.53. The monoisotopic (exact) mass is 296 g/mol. The van der Waals surface area contributed by atoms with E-state index in [2.05, 4.69) is 9.97 Å². The van der Waals surface area contributed by atoms with Crippen molar-refractivity contribution < 1.29 is 9.90 Å². The van der Waals surface area contributed by atoms with Gasteiger partial charge in [-0.15, -0.1) is 11.3 Å². The van der Waals surface area contributed by atoms with Gasteiger partial charge in [-0.1, -0.05) is 36.4 Å². The van der Waals surface area contributed by atoms with E-state index in [9.17, 15) is 9.90 Å². The number of benzene rings is 1. The fraction of sp³-hybridized carbons (Fsp3) is 0.0625. The van der Waals surface area contributed by atoms with E-state index in [1.807, 2.05) is 48.5 Å². The van der Waals surface area contributed by atoms with Crippen molar-refractivity contribution in [3.63, 3.8) is 0 Å². The first-order valence-corrected chi connectivity index (χ1v) is 7.24. The molecule has 5 heteroatoms. The molecule has 0 bridgehead atoms. The zero-order valence-corrected chi connectivity index (χ0v) is 11.9. The molecule has 104 valence electrons. The molecule has 2 heterocycles. The highest BCUT2D eigenvalue weighted by molar-refractivity contribution is 7.15. The van der Waals surface area contributed by atoms with Crippen molar-refractivity contribution in [3.05, 3.63) is 70.9 Å². The summed E-state index contributed by atoms with van der Waals surface area (Å²) in [5.41, 5.74) is 1.88. The highest BCUT2D eigenvalue weighted by Gasteiger charge is 2.18. The predicted molar refractivity (Wildman–Crippen MR) is 81.6 cm³/mol. The zero-order valence-electron chi connectivity index (χ0n) is 11.1. The maximum atomic E-state index is 11.4. The van der Waals surface area contributed by atoms with Gasteiger partial charge in [0.25, 0.3) is 0 Å². The first kappa shape index (κ1) is 13.5. The Morgan fingerprint density at radius 3 is 2.52 bits per heavy atom. The van der Waals surface area contributed by atoms with E-state index in [0.717, 1.165) is 10.4 Å². The predicted octanol–water partition coefficient (Wildman–Crippen LogP) is 3.49. The molecule has 0 aliphatic carbocycles. The highest BCUT2D eigenvalue weighted by atomic mass is 32.1. The molecule has 0 saturated heterocycles. The molecule has 1 aromatic carbocycles. The molecule has 0 saturated carbocycles. The molecular formula is C16H12N2O2S. The minimum Gasteiger partial charge on any atom is -0.476 e. The molecule has 21 heavy (non-hydrogen) atoms. The fourth-order valence-corrected chi connectivity index (χ4v) is 3.08. The SMILES string of the molecule is O=C(O)c1nc(-c2ccccn2)sc1Cc1ccccc1. The Kier molecular flexibility index (Phi) is 3.75. The van der Waals surface area contributed by atoms with Crippen molar-refractivity contribution in [2.75, 3.05) is 0 Å². The molecule has 2 aromatic heterocycles. The maximum Gasteiger partial charge on any atom is 0.355 e. The molecule has 0 atom stereocenters. The number of aromatic carboxylic acids is 1. The Balaban J connectivity index is 2.00. The van der Waals surface area contributed by atoms with Crippen LogP contribution in [0.2, 0.25) is 0 Å². The topological polar surface area (TPSA) is 63.1 Å². The Morgan fingerprint density at radius 2 is 1.86 bits per heavy atom. The van der Waals surface area contributed by atoms with Crippen LogP contribution in [0.1, 0.15) is 20.9 Å². The van der Waals surface area contributed by atoms with Crippen LogP contribution < -0.4 is 0 Å². The number of carboxylic acid groups (broad SMARTS) is 1. The number of carboxylic acids is 1. The van der Waals surface area contributed by atoms with E-state index in [1.165, 1.54) is 11.3 Å². The average molecular weight is 296 g/mol. The highest BCUT2D eigenvalue weighted by Crippen LogP contribution is 2.28. The summed E-state index contributed by atoms with van der Waals surface area (Å²) in [6.45, 7) is 0. The second kappa shape index (κ2) is 5.85. The van der Waals surface area contributed by atoms with Crippen LogP contribution in [0.15, 0.2) is 54.7 Å². The summed E-state index contributed by atoms with van der Waals surface area (Å²) in [5, 5.41) is 9.97. The summed E-state index contributed by atoms with van der Waals surface area (Å²) in [6, 6.07) is 15.3. The van der Waals surface area contributed by atoms with Crippen molar-refractivity contribution in [2.45, 2.75) is 6.42 Å². The number of hydrogen-bond donors (Lipinski definition) is 1. The van der Waals surface area contributed by atoms with Crippen LogP contribution in [-0.4, -0.2) is 21.0 Å². The Morgan fingerprint density at radius 1 is 1.10 bits per heavy atom. The van der Waals surface area contributed by atoms with Crippen LogP contribution in [0, 0.1) is 0 Å². The molecule has 0 radical (unpaired) electrons. The lowest BCUT2D eigenvalue weighted by molar-refractivity contribution is 0.0690. The van der Waals surface area contributed by atoms with Gasteiger partial charge in [-0.3, -0.25) is 4.98 Å². The zero-order chi connectivity index (χ0) is 14.7. The molecule has 0 aliphatic heterocycles. The molecule has 3 aromatic rings. The molecule has 0 aliphatic rings.